The van der Waals surface area contributed by atoms with Crippen molar-refractivity contribution in [2.45, 2.75) is 6.54 Å². The van der Waals surface area contributed by atoms with Gasteiger partial charge in [-0.05, 0) is 17.7 Å². The third-order valence-electron chi connectivity index (χ3n) is 3.05. The van der Waals surface area contributed by atoms with Crippen LogP contribution in [0.1, 0.15) is 5.56 Å². The van der Waals surface area contributed by atoms with E-state index in [9.17, 15) is 9.59 Å². The lowest BCUT2D eigenvalue weighted by Crippen LogP contribution is -2.59. The molecule has 0 saturated carbocycles. The Hall–Kier alpha value is -1.40. The van der Waals surface area contributed by atoms with Gasteiger partial charge in [0, 0.05) is 11.0 Å². The molecule has 1 N–H and O–H groups in total. The predicted molar refractivity (Wildman–Crippen MR) is 71.3 cm³/mol. The fourth-order valence-corrected chi connectivity index (χ4v) is 2.29. The molecule has 0 aliphatic carbocycles. The fourth-order valence-electron chi connectivity index (χ4n) is 1.84. The third kappa shape index (κ3) is 2.79. The van der Waals surface area contributed by atoms with Crippen molar-refractivity contribution in [2.75, 3.05) is 20.3 Å². The standard InChI is InChI=1S/C13H14BrNO4/c1-18-12(17)13(7-19-8-13)11(16)15-6-9-3-2-4-10(14)5-9/h2-5H,6-8H2,1H3,(H,15,16). The second-order valence-corrected chi connectivity index (χ2v) is 5.29. The highest BCUT2D eigenvalue weighted by atomic mass is 79.9. The van der Waals surface area contributed by atoms with Crippen molar-refractivity contribution < 1.29 is 19.1 Å². The SMILES string of the molecule is COC(=O)C1(C(=O)NCc2cccc(Br)c2)COC1. The van der Waals surface area contributed by atoms with Gasteiger partial charge in [0.1, 0.15) is 0 Å². The molecule has 1 fully saturated rings. The van der Waals surface area contributed by atoms with Gasteiger partial charge in [-0.15, -0.1) is 0 Å². The zero-order valence-corrected chi connectivity index (χ0v) is 12.0. The van der Waals surface area contributed by atoms with E-state index in [-0.39, 0.29) is 19.1 Å². The largest absolute Gasteiger partial charge is 0.468 e. The van der Waals surface area contributed by atoms with Gasteiger partial charge < -0.3 is 14.8 Å². The first-order chi connectivity index (χ1) is 9.08. The molecule has 0 atom stereocenters. The average Bonchev–Trinajstić information content (AvgIpc) is 2.35. The number of methoxy groups -OCH3 is 1. The number of carbonyl (C=O) groups excluding carboxylic acids is 2. The first kappa shape index (κ1) is 14.0. The number of esters is 1. The van der Waals surface area contributed by atoms with Gasteiger partial charge in [0.05, 0.1) is 20.3 Å². The van der Waals surface area contributed by atoms with Crippen LogP contribution in [0.5, 0.6) is 0 Å². The molecular weight excluding hydrogens is 314 g/mol. The smallest absolute Gasteiger partial charge is 0.326 e. The van der Waals surface area contributed by atoms with Crippen molar-refractivity contribution in [3.63, 3.8) is 0 Å². The molecule has 0 radical (unpaired) electrons. The van der Waals surface area contributed by atoms with E-state index in [2.05, 4.69) is 26.0 Å². The van der Waals surface area contributed by atoms with E-state index in [0.29, 0.717) is 6.54 Å². The van der Waals surface area contributed by atoms with Gasteiger partial charge in [-0.3, -0.25) is 9.59 Å². The van der Waals surface area contributed by atoms with E-state index in [0.717, 1.165) is 10.0 Å². The quantitative estimate of drug-likeness (QED) is 0.667. The third-order valence-corrected chi connectivity index (χ3v) is 3.54. The lowest BCUT2D eigenvalue weighted by Gasteiger charge is -2.36. The first-order valence-electron chi connectivity index (χ1n) is 5.77. The molecule has 0 unspecified atom stereocenters. The monoisotopic (exact) mass is 327 g/mol. The van der Waals surface area contributed by atoms with Crippen LogP contribution in [0.25, 0.3) is 0 Å². The van der Waals surface area contributed by atoms with Crippen molar-refractivity contribution in [1.82, 2.24) is 5.32 Å². The highest BCUT2D eigenvalue weighted by Crippen LogP contribution is 2.29. The van der Waals surface area contributed by atoms with Crippen LogP contribution in [-0.2, 0) is 25.6 Å². The van der Waals surface area contributed by atoms with Gasteiger partial charge in [-0.1, -0.05) is 28.1 Å². The normalized spacial score (nSPS) is 16.3. The summed E-state index contributed by atoms with van der Waals surface area (Å²) in [5.74, 6) is -0.906. The first-order valence-corrected chi connectivity index (χ1v) is 6.57. The maximum Gasteiger partial charge on any atom is 0.326 e. The number of amides is 1. The summed E-state index contributed by atoms with van der Waals surface area (Å²) in [5, 5.41) is 2.74. The molecule has 1 aliphatic rings. The van der Waals surface area contributed by atoms with Gasteiger partial charge >= 0.3 is 5.97 Å². The van der Waals surface area contributed by atoms with Crippen LogP contribution in [-0.4, -0.2) is 32.2 Å². The summed E-state index contributed by atoms with van der Waals surface area (Å²) in [7, 11) is 1.27. The minimum Gasteiger partial charge on any atom is -0.468 e. The Morgan fingerprint density at radius 2 is 2.21 bits per heavy atom. The van der Waals surface area contributed by atoms with Crippen LogP contribution < -0.4 is 5.32 Å². The molecule has 0 aromatic heterocycles. The molecule has 1 saturated heterocycles. The molecule has 102 valence electrons. The van der Waals surface area contributed by atoms with Crippen molar-refractivity contribution >= 4 is 27.8 Å². The minimum atomic E-state index is -1.18. The Bertz CT molecular complexity index is 499. The Kier molecular flexibility index (Phi) is 4.21. The average molecular weight is 328 g/mol. The van der Waals surface area contributed by atoms with Crippen LogP contribution in [0.15, 0.2) is 28.7 Å². The van der Waals surface area contributed by atoms with E-state index in [1.54, 1.807) is 0 Å². The molecule has 1 aliphatic heterocycles. The van der Waals surface area contributed by atoms with Crippen molar-refractivity contribution in [1.29, 1.82) is 0 Å². The van der Waals surface area contributed by atoms with Crippen molar-refractivity contribution in [2.24, 2.45) is 5.41 Å². The van der Waals surface area contributed by atoms with Gasteiger partial charge in [0.15, 0.2) is 5.41 Å². The summed E-state index contributed by atoms with van der Waals surface area (Å²) >= 11 is 3.36. The molecule has 1 amide bonds. The zero-order chi connectivity index (χ0) is 13.9. The highest BCUT2D eigenvalue weighted by molar-refractivity contribution is 9.10. The van der Waals surface area contributed by atoms with Crippen LogP contribution >= 0.6 is 15.9 Å². The summed E-state index contributed by atoms with van der Waals surface area (Å²) in [4.78, 5) is 23.8. The lowest BCUT2D eigenvalue weighted by atomic mass is 9.85. The maximum atomic E-state index is 12.1. The van der Waals surface area contributed by atoms with Crippen LogP contribution in [0.3, 0.4) is 0 Å². The van der Waals surface area contributed by atoms with E-state index >= 15 is 0 Å². The number of nitrogens with one attached hydrogen (secondary N) is 1. The van der Waals surface area contributed by atoms with Gasteiger partial charge in [-0.25, -0.2) is 0 Å². The topological polar surface area (TPSA) is 64.6 Å². The molecule has 0 spiro atoms. The van der Waals surface area contributed by atoms with E-state index in [1.807, 2.05) is 24.3 Å². The molecule has 1 aromatic rings. The van der Waals surface area contributed by atoms with Gasteiger partial charge in [0.25, 0.3) is 0 Å². The summed E-state index contributed by atoms with van der Waals surface area (Å²) in [6.45, 7) is 0.505. The summed E-state index contributed by atoms with van der Waals surface area (Å²) in [5.41, 5.74) is -0.233. The van der Waals surface area contributed by atoms with E-state index < -0.39 is 11.4 Å². The van der Waals surface area contributed by atoms with Crippen molar-refractivity contribution in [3.05, 3.63) is 34.3 Å². The number of hydrogen-bond donors (Lipinski definition) is 1. The molecule has 19 heavy (non-hydrogen) atoms. The number of halogens is 1. The number of carbonyl (C=O) groups is 2. The zero-order valence-electron chi connectivity index (χ0n) is 10.4. The molecule has 1 aromatic carbocycles. The maximum absolute atomic E-state index is 12.1. The Morgan fingerprint density at radius 1 is 1.47 bits per heavy atom. The number of rotatable bonds is 4. The molecule has 5 nitrogen and oxygen atoms in total. The minimum absolute atomic E-state index is 0.0734. The molecular formula is C13H14BrNO4. The Balaban J connectivity index is 1.99. The lowest BCUT2D eigenvalue weighted by molar-refractivity contribution is -0.188. The van der Waals surface area contributed by atoms with E-state index in [1.165, 1.54) is 7.11 Å². The number of benzene rings is 1. The Morgan fingerprint density at radius 3 is 2.74 bits per heavy atom. The van der Waals surface area contributed by atoms with Crippen LogP contribution in [0.2, 0.25) is 0 Å². The number of ether oxygens (including phenoxy) is 2. The summed E-state index contributed by atoms with van der Waals surface area (Å²) in [6.07, 6.45) is 0. The highest BCUT2D eigenvalue weighted by Gasteiger charge is 2.53. The molecule has 1 heterocycles. The molecule has 0 bridgehead atoms. The molecule has 2 rings (SSSR count). The predicted octanol–water partition coefficient (Wildman–Crippen LogP) is 1.25. The Labute approximate surface area is 119 Å². The second kappa shape index (κ2) is 5.71. The molecule has 6 heteroatoms. The van der Waals surface area contributed by atoms with Gasteiger partial charge in [0.2, 0.25) is 5.91 Å². The summed E-state index contributed by atoms with van der Waals surface area (Å²) in [6, 6.07) is 7.59. The fraction of sp³-hybridized carbons (Fsp3) is 0.385. The van der Waals surface area contributed by atoms with Crippen molar-refractivity contribution in [3.8, 4) is 0 Å². The van der Waals surface area contributed by atoms with E-state index in [4.69, 9.17) is 4.74 Å². The van der Waals surface area contributed by atoms with Crippen LogP contribution in [0, 0.1) is 5.41 Å². The van der Waals surface area contributed by atoms with Crippen LogP contribution in [0.4, 0.5) is 0 Å². The number of hydrogen-bond acceptors (Lipinski definition) is 4. The second-order valence-electron chi connectivity index (χ2n) is 4.38. The van der Waals surface area contributed by atoms with Gasteiger partial charge in [-0.2, -0.15) is 0 Å². The summed E-state index contributed by atoms with van der Waals surface area (Å²) < 4.78 is 10.6.